The average Bonchev–Trinajstić information content (AvgIpc) is 3.04. The summed E-state index contributed by atoms with van der Waals surface area (Å²) in [5.74, 6) is -0.725. The van der Waals surface area contributed by atoms with Gasteiger partial charge in [0, 0.05) is 0 Å². The number of hydrogen-bond donors (Lipinski definition) is 2. The van der Waals surface area contributed by atoms with Crippen LogP contribution in [0.4, 0.5) is 15.8 Å². The van der Waals surface area contributed by atoms with Gasteiger partial charge in [-0.2, -0.15) is 0 Å². The highest BCUT2D eigenvalue weighted by Gasteiger charge is 2.12. The van der Waals surface area contributed by atoms with Crippen molar-refractivity contribution >= 4 is 60.6 Å². The number of nitrogens with zero attached hydrogens (tertiary/aromatic N) is 1. The largest absolute Gasteiger partial charge is 0.323 e. The van der Waals surface area contributed by atoms with Gasteiger partial charge < -0.3 is 5.32 Å². The van der Waals surface area contributed by atoms with Gasteiger partial charge in [-0.25, -0.2) is 17.8 Å². The molecule has 1 heterocycles. The third kappa shape index (κ3) is 5.21. The number of carbonyl (C=O) groups excluding carboxylic acids is 1. The van der Waals surface area contributed by atoms with Gasteiger partial charge in [-0.15, -0.1) is 11.3 Å². The summed E-state index contributed by atoms with van der Waals surface area (Å²) < 4.78 is 41.2. The minimum atomic E-state index is -3.35. The lowest BCUT2D eigenvalue weighted by Crippen LogP contribution is -2.15. The van der Waals surface area contributed by atoms with E-state index in [0.29, 0.717) is 10.0 Å². The fraction of sp³-hybridized carbons (Fsp3) is 0.222. The summed E-state index contributed by atoms with van der Waals surface area (Å²) in [5.41, 5.74) is 2.12. The third-order valence-corrected chi connectivity index (χ3v) is 7.22. The molecular weight excluding hydrogens is 421 g/mol. The quantitative estimate of drug-likeness (QED) is 0.538. The lowest BCUT2D eigenvalue weighted by atomic mass is 10.2. The number of halogens is 1. The molecule has 6 nitrogen and oxygen atoms in total. The minimum absolute atomic E-state index is 0.00841. The van der Waals surface area contributed by atoms with Crippen LogP contribution in [0, 0.1) is 12.7 Å². The SMILES string of the molecule is CCS(=O)(=O)Nc1ccc2nc(SCC(=O)Nc3ccc(C)cc3F)sc2c1. The highest BCUT2D eigenvalue weighted by molar-refractivity contribution is 8.01. The second-order valence-electron chi connectivity index (χ2n) is 5.99. The van der Waals surface area contributed by atoms with Crippen molar-refractivity contribution in [3.05, 3.63) is 47.8 Å². The molecule has 0 aliphatic carbocycles. The Morgan fingerprint density at radius 1 is 1.25 bits per heavy atom. The first-order chi connectivity index (χ1) is 13.3. The molecule has 28 heavy (non-hydrogen) atoms. The predicted octanol–water partition coefficient (Wildman–Crippen LogP) is 4.24. The number of benzene rings is 2. The molecule has 3 aromatic rings. The van der Waals surface area contributed by atoms with Crippen molar-refractivity contribution < 1.29 is 17.6 Å². The molecule has 0 aliphatic heterocycles. The van der Waals surface area contributed by atoms with Gasteiger partial charge in [0.25, 0.3) is 0 Å². The molecule has 0 saturated heterocycles. The molecule has 0 radical (unpaired) electrons. The Bertz CT molecular complexity index is 1130. The van der Waals surface area contributed by atoms with Crippen LogP contribution in [-0.2, 0) is 14.8 Å². The Hall–Kier alpha value is -2.17. The molecule has 2 N–H and O–H groups in total. The number of aryl methyl sites for hydroxylation is 1. The molecule has 148 valence electrons. The summed E-state index contributed by atoms with van der Waals surface area (Å²) in [7, 11) is -3.35. The van der Waals surface area contributed by atoms with Gasteiger partial charge in [0.2, 0.25) is 15.9 Å². The molecule has 1 aromatic heterocycles. The number of thioether (sulfide) groups is 1. The number of thiazole rings is 1. The lowest BCUT2D eigenvalue weighted by Gasteiger charge is -2.06. The molecule has 2 aromatic carbocycles. The maximum Gasteiger partial charge on any atom is 0.234 e. The summed E-state index contributed by atoms with van der Waals surface area (Å²) in [4.78, 5) is 16.5. The van der Waals surface area contributed by atoms with Crippen LogP contribution in [0.5, 0.6) is 0 Å². The minimum Gasteiger partial charge on any atom is -0.323 e. The van der Waals surface area contributed by atoms with Crippen molar-refractivity contribution in [2.75, 3.05) is 21.5 Å². The Kier molecular flexibility index (Phi) is 6.21. The average molecular weight is 440 g/mol. The van der Waals surface area contributed by atoms with Gasteiger partial charge in [-0.1, -0.05) is 17.8 Å². The molecule has 1 amide bonds. The second kappa shape index (κ2) is 8.46. The summed E-state index contributed by atoms with van der Waals surface area (Å²) >= 11 is 2.60. The van der Waals surface area contributed by atoms with Crippen LogP contribution in [0.1, 0.15) is 12.5 Å². The summed E-state index contributed by atoms with van der Waals surface area (Å²) in [6.45, 7) is 3.34. The molecule has 0 aliphatic rings. The number of carbonyl (C=O) groups is 1. The van der Waals surface area contributed by atoms with Crippen LogP contribution < -0.4 is 10.0 Å². The van der Waals surface area contributed by atoms with E-state index in [-0.39, 0.29) is 23.1 Å². The maximum atomic E-state index is 13.8. The Labute approximate surface area is 170 Å². The number of hydrogen-bond acceptors (Lipinski definition) is 6. The zero-order chi connectivity index (χ0) is 20.3. The van der Waals surface area contributed by atoms with Crippen LogP contribution in [0.2, 0.25) is 0 Å². The van der Waals surface area contributed by atoms with Gasteiger partial charge in [-0.3, -0.25) is 9.52 Å². The van der Waals surface area contributed by atoms with E-state index in [0.717, 1.165) is 15.8 Å². The van der Waals surface area contributed by atoms with E-state index >= 15 is 0 Å². The highest BCUT2D eigenvalue weighted by atomic mass is 32.2. The molecule has 0 unspecified atom stereocenters. The topological polar surface area (TPSA) is 88.2 Å². The molecule has 0 spiro atoms. The molecule has 0 atom stereocenters. The van der Waals surface area contributed by atoms with Gasteiger partial charge in [0.15, 0.2) is 4.34 Å². The van der Waals surface area contributed by atoms with Crippen LogP contribution in [0.15, 0.2) is 40.7 Å². The number of aromatic nitrogens is 1. The number of rotatable bonds is 7. The number of nitrogens with one attached hydrogen (secondary N) is 2. The highest BCUT2D eigenvalue weighted by Crippen LogP contribution is 2.31. The van der Waals surface area contributed by atoms with Gasteiger partial charge in [-0.05, 0) is 49.7 Å². The van der Waals surface area contributed by atoms with Crippen LogP contribution in [0.3, 0.4) is 0 Å². The predicted molar refractivity (Wildman–Crippen MR) is 113 cm³/mol. The third-order valence-electron chi connectivity index (χ3n) is 3.75. The fourth-order valence-corrected chi connectivity index (χ4v) is 4.85. The zero-order valence-electron chi connectivity index (χ0n) is 15.2. The molecule has 0 bridgehead atoms. The zero-order valence-corrected chi connectivity index (χ0v) is 17.6. The van der Waals surface area contributed by atoms with Crippen molar-refractivity contribution in [3.63, 3.8) is 0 Å². The van der Waals surface area contributed by atoms with E-state index in [1.807, 2.05) is 0 Å². The van der Waals surface area contributed by atoms with Crippen LogP contribution in [-0.4, -0.2) is 30.8 Å². The Balaban J connectivity index is 1.65. The van der Waals surface area contributed by atoms with Crippen molar-refractivity contribution in [1.29, 1.82) is 0 Å². The maximum absolute atomic E-state index is 13.8. The molecule has 0 fully saturated rings. The summed E-state index contributed by atoms with van der Waals surface area (Å²) in [5, 5.41) is 2.55. The van der Waals surface area contributed by atoms with Gasteiger partial charge in [0.1, 0.15) is 5.82 Å². The standard InChI is InChI=1S/C18H18FN3O3S3/c1-3-28(24,25)22-12-5-7-15-16(9-12)27-18(21-15)26-10-17(23)20-14-6-4-11(2)8-13(14)19/h4-9,22H,3,10H2,1-2H3,(H,20,23). The fourth-order valence-electron chi connectivity index (χ4n) is 2.32. The van der Waals surface area contributed by atoms with E-state index in [2.05, 4.69) is 15.0 Å². The van der Waals surface area contributed by atoms with Crippen molar-refractivity contribution in [3.8, 4) is 0 Å². The molecular formula is C18H18FN3O3S3. The number of fused-ring (bicyclic) bond motifs is 1. The molecule has 10 heteroatoms. The molecule has 3 rings (SSSR count). The van der Waals surface area contributed by atoms with E-state index in [1.54, 1.807) is 38.1 Å². The van der Waals surface area contributed by atoms with Gasteiger partial charge >= 0.3 is 0 Å². The van der Waals surface area contributed by atoms with E-state index in [1.165, 1.54) is 35.2 Å². The second-order valence-corrected chi connectivity index (χ2v) is 10.3. The van der Waals surface area contributed by atoms with Crippen molar-refractivity contribution in [1.82, 2.24) is 4.98 Å². The lowest BCUT2D eigenvalue weighted by molar-refractivity contribution is -0.113. The van der Waals surface area contributed by atoms with Crippen LogP contribution >= 0.6 is 23.1 Å². The smallest absolute Gasteiger partial charge is 0.234 e. The van der Waals surface area contributed by atoms with Crippen molar-refractivity contribution in [2.24, 2.45) is 0 Å². The summed E-state index contributed by atoms with van der Waals surface area (Å²) in [6.07, 6.45) is 0. The normalized spacial score (nSPS) is 11.5. The van der Waals surface area contributed by atoms with E-state index in [9.17, 15) is 17.6 Å². The number of amides is 1. The first kappa shape index (κ1) is 20.6. The monoisotopic (exact) mass is 439 g/mol. The number of anilines is 2. The Morgan fingerprint density at radius 2 is 2.04 bits per heavy atom. The van der Waals surface area contributed by atoms with Crippen LogP contribution in [0.25, 0.3) is 10.2 Å². The van der Waals surface area contributed by atoms with E-state index < -0.39 is 15.8 Å². The Morgan fingerprint density at radius 3 is 2.75 bits per heavy atom. The number of sulfonamides is 1. The van der Waals surface area contributed by atoms with Gasteiger partial charge in [0.05, 0.1) is 33.1 Å². The van der Waals surface area contributed by atoms with E-state index in [4.69, 9.17) is 0 Å². The molecule has 0 saturated carbocycles. The first-order valence-corrected chi connectivity index (χ1v) is 11.8. The summed E-state index contributed by atoms with van der Waals surface area (Å²) in [6, 6.07) is 9.71. The van der Waals surface area contributed by atoms with Crippen molar-refractivity contribution in [2.45, 2.75) is 18.2 Å². The first-order valence-electron chi connectivity index (χ1n) is 8.35.